The number of hydrogen-bond donors (Lipinski definition) is 2. The zero-order valence-electron chi connectivity index (χ0n) is 12.6. The Morgan fingerprint density at radius 1 is 1.21 bits per heavy atom. The topological polar surface area (TPSA) is 83.6 Å². The Bertz CT molecular complexity index is 292. The second kappa shape index (κ2) is 8.77. The van der Waals surface area contributed by atoms with Crippen LogP contribution in [-0.2, 0) is 4.79 Å². The largest absolute Gasteiger partial charge is 0.480 e. The minimum atomic E-state index is -0.977. The Kier molecular flexibility index (Phi) is 8.19. The standard InChI is InChI=1S/C14H28N2O3/c1-5-6-7-8-11(4)16(14(15)19)12(13(17)18)9-10(2)3/h10-12H,5-9H2,1-4H3,(H2,15,19)(H,17,18)/t11?,12-/m0/s1. The second-order valence-electron chi connectivity index (χ2n) is 5.57. The van der Waals surface area contributed by atoms with Gasteiger partial charge in [0, 0.05) is 6.04 Å². The Labute approximate surface area is 116 Å². The lowest BCUT2D eigenvalue weighted by Crippen LogP contribution is -2.52. The van der Waals surface area contributed by atoms with Gasteiger partial charge >= 0.3 is 12.0 Å². The molecule has 0 aromatic carbocycles. The van der Waals surface area contributed by atoms with Crippen molar-refractivity contribution in [3.05, 3.63) is 0 Å². The van der Waals surface area contributed by atoms with Crippen molar-refractivity contribution in [3.8, 4) is 0 Å². The molecular weight excluding hydrogens is 244 g/mol. The normalized spacial score (nSPS) is 14.2. The summed E-state index contributed by atoms with van der Waals surface area (Å²) >= 11 is 0. The SMILES string of the molecule is CCCCCC(C)N(C(N)=O)[C@@H](CC(C)C)C(=O)O. The van der Waals surface area contributed by atoms with E-state index in [-0.39, 0.29) is 12.0 Å². The third kappa shape index (κ3) is 6.45. The first kappa shape index (κ1) is 17.7. The summed E-state index contributed by atoms with van der Waals surface area (Å²) in [5.41, 5.74) is 5.38. The zero-order valence-corrected chi connectivity index (χ0v) is 12.6. The number of amides is 2. The van der Waals surface area contributed by atoms with Crippen LogP contribution in [0.5, 0.6) is 0 Å². The van der Waals surface area contributed by atoms with Crippen LogP contribution in [0.15, 0.2) is 0 Å². The van der Waals surface area contributed by atoms with E-state index in [1.54, 1.807) is 0 Å². The zero-order chi connectivity index (χ0) is 15.0. The van der Waals surface area contributed by atoms with Crippen LogP contribution in [-0.4, -0.2) is 34.1 Å². The predicted molar refractivity (Wildman–Crippen MR) is 75.9 cm³/mol. The first-order valence-electron chi connectivity index (χ1n) is 7.11. The third-order valence-electron chi connectivity index (χ3n) is 3.27. The van der Waals surface area contributed by atoms with Crippen LogP contribution < -0.4 is 5.73 Å². The molecule has 0 radical (unpaired) electrons. The summed E-state index contributed by atoms with van der Waals surface area (Å²) in [6.45, 7) is 7.86. The molecule has 0 fully saturated rings. The molecule has 0 saturated carbocycles. The van der Waals surface area contributed by atoms with Crippen molar-refractivity contribution in [1.29, 1.82) is 0 Å². The fourth-order valence-electron chi connectivity index (χ4n) is 2.29. The minimum absolute atomic E-state index is 0.135. The Morgan fingerprint density at radius 2 is 1.79 bits per heavy atom. The van der Waals surface area contributed by atoms with Gasteiger partial charge in [0.15, 0.2) is 0 Å². The van der Waals surface area contributed by atoms with Crippen molar-refractivity contribution in [2.75, 3.05) is 0 Å². The van der Waals surface area contributed by atoms with Gasteiger partial charge in [0.2, 0.25) is 0 Å². The number of hydrogen-bond acceptors (Lipinski definition) is 2. The molecule has 0 rings (SSSR count). The summed E-state index contributed by atoms with van der Waals surface area (Å²) < 4.78 is 0. The van der Waals surface area contributed by atoms with E-state index in [4.69, 9.17) is 5.73 Å². The average molecular weight is 272 g/mol. The van der Waals surface area contributed by atoms with E-state index in [1.807, 2.05) is 20.8 Å². The van der Waals surface area contributed by atoms with E-state index in [0.717, 1.165) is 25.7 Å². The maximum absolute atomic E-state index is 11.6. The quantitative estimate of drug-likeness (QED) is 0.633. The molecule has 0 aliphatic carbocycles. The summed E-state index contributed by atoms with van der Waals surface area (Å²) in [6.07, 6.45) is 4.38. The minimum Gasteiger partial charge on any atom is -0.480 e. The van der Waals surface area contributed by atoms with Crippen LogP contribution >= 0.6 is 0 Å². The molecule has 0 aliphatic heterocycles. The van der Waals surface area contributed by atoms with E-state index in [2.05, 4.69) is 6.92 Å². The van der Waals surface area contributed by atoms with Gasteiger partial charge in [-0.3, -0.25) is 0 Å². The molecule has 19 heavy (non-hydrogen) atoms. The van der Waals surface area contributed by atoms with Crippen LogP contribution in [0.1, 0.15) is 59.8 Å². The highest BCUT2D eigenvalue weighted by Gasteiger charge is 2.32. The highest BCUT2D eigenvalue weighted by molar-refractivity contribution is 5.82. The van der Waals surface area contributed by atoms with Crippen LogP contribution in [0, 0.1) is 5.92 Å². The third-order valence-corrected chi connectivity index (χ3v) is 3.27. The molecule has 0 heterocycles. The lowest BCUT2D eigenvalue weighted by atomic mass is 9.99. The van der Waals surface area contributed by atoms with E-state index >= 15 is 0 Å². The monoisotopic (exact) mass is 272 g/mol. The maximum atomic E-state index is 11.6. The van der Waals surface area contributed by atoms with Crippen molar-refractivity contribution in [2.24, 2.45) is 11.7 Å². The lowest BCUT2D eigenvalue weighted by Gasteiger charge is -2.33. The van der Waals surface area contributed by atoms with Crippen molar-refractivity contribution in [3.63, 3.8) is 0 Å². The number of aliphatic carboxylic acids is 1. The molecule has 112 valence electrons. The number of carbonyl (C=O) groups excluding carboxylic acids is 1. The molecule has 2 atom stereocenters. The number of primary amides is 1. The summed E-state index contributed by atoms with van der Waals surface area (Å²) in [7, 11) is 0. The molecule has 0 spiro atoms. The smallest absolute Gasteiger partial charge is 0.326 e. The van der Waals surface area contributed by atoms with Gasteiger partial charge in [-0.15, -0.1) is 0 Å². The summed E-state index contributed by atoms with van der Waals surface area (Å²) in [5, 5.41) is 9.31. The van der Waals surface area contributed by atoms with E-state index in [9.17, 15) is 14.7 Å². The molecule has 0 bridgehead atoms. The second-order valence-corrected chi connectivity index (χ2v) is 5.57. The molecule has 5 heteroatoms. The van der Waals surface area contributed by atoms with E-state index in [1.165, 1.54) is 4.90 Å². The molecule has 0 aromatic heterocycles. The number of rotatable bonds is 9. The summed E-state index contributed by atoms with van der Waals surface area (Å²) in [4.78, 5) is 24.3. The molecule has 5 nitrogen and oxygen atoms in total. The Morgan fingerprint density at radius 3 is 2.16 bits per heavy atom. The van der Waals surface area contributed by atoms with Crippen LogP contribution in [0.25, 0.3) is 0 Å². The summed E-state index contributed by atoms with van der Waals surface area (Å²) in [5.74, 6) is -0.777. The van der Waals surface area contributed by atoms with Gasteiger partial charge in [-0.25, -0.2) is 9.59 Å². The van der Waals surface area contributed by atoms with Crippen molar-refractivity contribution < 1.29 is 14.7 Å². The van der Waals surface area contributed by atoms with Gasteiger partial charge < -0.3 is 15.7 Å². The highest BCUT2D eigenvalue weighted by Crippen LogP contribution is 2.18. The van der Waals surface area contributed by atoms with E-state index in [0.29, 0.717) is 6.42 Å². The number of carbonyl (C=O) groups is 2. The number of carboxylic acids is 1. The van der Waals surface area contributed by atoms with Gasteiger partial charge in [0.1, 0.15) is 6.04 Å². The molecule has 2 amide bonds. The Balaban J connectivity index is 4.82. The number of nitrogens with two attached hydrogens (primary N) is 1. The van der Waals surface area contributed by atoms with Gasteiger partial charge in [-0.05, 0) is 25.7 Å². The fourth-order valence-corrected chi connectivity index (χ4v) is 2.29. The molecule has 3 N–H and O–H groups in total. The fraction of sp³-hybridized carbons (Fsp3) is 0.857. The van der Waals surface area contributed by atoms with Gasteiger partial charge in [-0.2, -0.15) is 0 Å². The molecule has 1 unspecified atom stereocenters. The van der Waals surface area contributed by atoms with Crippen LogP contribution in [0.2, 0.25) is 0 Å². The number of carboxylic acid groups (broad SMARTS) is 1. The first-order chi connectivity index (χ1) is 8.81. The maximum Gasteiger partial charge on any atom is 0.326 e. The summed E-state index contributed by atoms with van der Waals surface area (Å²) in [6, 6.07) is -1.60. The Hall–Kier alpha value is -1.26. The molecule has 0 aliphatic rings. The number of unbranched alkanes of at least 4 members (excludes halogenated alkanes) is 2. The molecule has 0 aromatic rings. The first-order valence-corrected chi connectivity index (χ1v) is 7.11. The molecule has 0 saturated heterocycles. The number of urea groups is 1. The predicted octanol–water partition coefficient (Wildman–Crippen LogP) is 2.84. The molecular formula is C14H28N2O3. The van der Waals surface area contributed by atoms with E-state index < -0.39 is 18.0 Å². The number of nitrogens with zero attached hydrogens (tertiary/aromatic N) is 1. The highest BCUT2D eigenvalue weighted by atomic mass is 16.4. The van der Waals surface area contributed by atoms with Crippen molar-refractivity contribution in [1.82, 2.24) is 4.90 Å². The van der Waals surface area contributed by atoms with Crippen molar-refractivity contribution >= 4 is 12.0 Å². The van der Waals surface area contributed by atoms with Gasteiger partial charge in [0.05, 0.1) is 0 Å². The lowest BCUT2D eigenvalue weighted by molar-refractivity contribution is -0.143. The van der Waals surface area contributed by atoms with Crippen LogP contribution in [0.4, 0.5) is 4.79 Å². The van der Waals surface area contributed by atoms with Gasteiger partial charge in [0.25, 0.3) is 0 Å². The average Bonchev–Trinajstić information content (AvgIpc) is 2.27. The van der Waals surface area contributed by atoms with Crippen LogP contribution in [0.3, 0.4) is 0 Å². The van der Waals surface area contributed by atoms with Crippen molar-refractivity contribution in [2.45, 2.75) is 71.9 Å². The van der Waals surface area contributed by atoms with Gasteiger partial charge in [-0.1, -0.05) is 40.0 Å².